The number of carbonyl (C=O) groups is 6. The monoisotopic (exact) mass is 958 g/mol. The van der Waals surface area contributed by atoms with Crippen LogP contribution in [-0.4, -0.2) is 179 Å². The lowest BCUT2D eigenvalue weighted by Gasteiger charge is -2.56. The van der Waals surface area contributed by atoms with Crippen LogP contribution in [0.4, 0.5) is 0 Å². The Balaban J connectivity index is 1.60. The molecule has 31 heteroatoms. The molecule has 5 heterocycles. The van der Waals surface area contributed by atoms with Gasteiger partial charge in [-0.1, -0.05) is 23.5 Å². The van der Waals surface area contributed by atoms with Gasteiger partial charge in [-0.2, -0.15) is 15.6 Å². The summed E-state index contributed by atoms with van der Waals surface area (Å²) in [5.41, 5.74) is -5.43. The van der Waals surface area contributed by atoms with E-state index in [4.69, 9.17) is 24.8 Å². The Kier molecular flexibility index (Phi) is 16.2. The van der Waals surface area contributed by atoms with Gasteiger partial charge in [0.15, 0.2) is 11.1 Å². The minimum absolute atomic E-state index is 0.00288. The van der Waals surface area contributed by atoms with Crippen LogP contribution in [0.1, 0.15) is 0 Å². The maximum atomic E-state index is 14.8. The van der Waals surface area contributed by atoms with E-state index < -0.39 is 69.3 Å². The van der Waals surface area contributed by atoms with Crippen LogP contribution in [0, 0.1) is 22.7 Å². The first-order chi connectivity index (χ1) is 29.2. The van der Waals surface area contributed by atoms with E-state index in [1.807, 2.05) is 12.1 Å². The molecule has 0 spiro atoms. The number of nitriles is 2. The van der Waals surface area contributed by atoms with E-state index in [1.54, 1.807) is 14.1 Å². The molecule has 0 saturated carbocycles. The van der Waals surface area contributed by atoms with E-state index >= 15 is 0 Å². The number of aryl methyl sites for hydroxylation is 2. The minimum atomic E-state index is -2.79. The number of hydrogen-bond donors (Lipinski definition) is 4. The van der Waals surface area contributed by atoms with Gasteiger partial charge < -0.3 is 35.2 Å². The maximum Gasteiger partial charge on any atom is 0.379 e. The molecule has 326 valence electrons. The van der Waals surface area contributed by atoms with Crippen molar-refractivity contribution in [2.75, 3.05) is 60.2 Å². The zero-order valence-corrected chi connectivity index (χ0v) is 37.1. The third-order valence-corrected chi connectivity index (χ3v) is 15.1. The van der Waals surface area contributed by atoms with Crippen LogP contribution in [0.25, 0.3) is 0 Å². The highest BCUT2D eigenvalue weighted by atomic mass is 32.2. The summed E-state index contributed by atoms with van der Waals surface area (Å²) in [4.78, 5) is 88.6. The second-order valence-electron chi connectivity index (χ2n) is 12.2. The van der Waals surface area contributed by atoms with Crippen LogP contribution in [0.15, 0.2) is 32.9 Å². The van der Waals surface area contributed by atoms with Gasteiger partial charge in [0.1, 0.15) is 11.1 Å². The number of ether oxygens (including phenoxy) is 2. The molecule has 5 rings (SSSR count). The van der Waals surface area contributed by atoms with Gasteiger partial charge in [0.2, 0.25) is 22.1 Å². The summed E-state index contributed by atoms with van der Waals surface area (Å²) < 4.78 is 13.8. The number of carboxylic acid groups (broad SMARTS) is 2. The van der Waals surface area contributed by atoms with Crippen LogP contribution in [0.5, 0.6) is 0 Å². The lowest BCUT2D eigenvalue weighted by Crippen LogP contribution is -2.81. The number of nitrogens with zero attached hydrogens (tertiary/aromatic N) is 12. The summed E-state index contributed by atoms with van der Waals surface area (Å²) >= 11 is 5.89. The third kappa shape index (κ3) is 9.98. The summed E-state index contributed by atoms with van der Waals surface area (Å²) in [6, 6.07) is 3.76. The molecule has 1 saturated heterocycles. The molecule has 0 aliphatic carbocycles. The van der Waals surface area contributed by atoms with Crippen molar-refractivity contribution in [2.45, 2.75) is 32.5 Å². The molecule has 2 aromatic heterocycles. The fourth-order valence-corrected chi connectivity index (χ4v) is 11.5. The van der Waals surface area contributed by atoms with Crippen LogP contribution in [-0.2, 0) is 57.2 Å². The predicted molar refractivity (Wildman–Crippen MR) is 217 cm³/mol. The number of hydrogen-bond acceptors (Lipinski definition) is 24. The van der Waals surface area contributed by atoms with Crippen molar-refractivity contribution in [3.8, 4) is 12.1 Å². The molecule has 61 heavy (non-hydrogen) atoms. The lowest BCUT2D eigenvalue weighted by atomic mass is 9.98. The Bertz CT molecular complexity index is 2210. The number of aromatic nitrogens is 8. The molecule has 3 aliphatic heterocycles. The smallest absolute Gasteiger partial charge is 0.379 e. The van der Waals surface area contributed by atoms with Crippen molar-refractivity contribution >= 4 is 106 Å². The van der Waals surface area contributed by atoms with E-state index in [0.717, 1.165) is 82.6 Å². The number of carboxylic acids is 2. The second kappa shape index (κ2) is 20.9. The minimum Gasteiger partial charge on any atom is -0.478 e. The van der Waals surface area contributed by atoms with E-state index in [-0.39, 0.29) is 62.3 Å². The number of amides is 3. The molecule has 4 N–H and O–H groups in total. The first kappa shape index (κ1) is 47.3. The number of thioether (sulfide) groups is 6. The Morgan fingerprint density at radius 3 is 1.95 bits per heavy atom. The number of carbonyl (C=O) groups excluding carboxylic acids is 4. The van der Waals surface area contributed by atoms with Crippen molar-refractivity contribution in [3.63, 3.8) is 0 Å². The average Bonchev–Trinajstić information content (AvgIpc) is 3.85. The molecule has 1 unspecified atom stereocenters. The van der Waals surface area contributed by atoms with Crippen LogP contribution in [0.3, 0.4) is 0 Å². The fourth-order valence-electron chi connectivity index (χ4n) is 5.81. The van der Waals surface area contributed by atoms with Crippen molar-refractivity contribution in [3.05, 3.63) is 22.5 Å². The molecule has 0 radical (unpaired) electrons. The summed E-state index contributed by atoms with van der Waals surface area (Å²) in [6.45, 7) is 0. The van der Waals surface area contributed by atoms with Crippen LogP contribution in [0.2, 0.25) is 0 Å². The van der Waals surface area contributed by atoms with Crippen LogP contribution < -0.4 is 10.6 Å². The Morgan fingerprint density at radius 2 is 1.46 bits per heavy atom. The topological polar surface area (TPSA) is 336 Å². The zero-order valence-electron chi connectivity index (χ0n) is 32.2. The molecular formula is C30H34N14O11S6. The summed E-state index contributed by atoms with van der Waals surface area (Å²) in [7, 11) is 5.27. The standard InChI is InChI=1S/C30H34N14O11S6/c1-41-27(35-37-39-41)60-11-15-9-59-25(30(54-4,26(51)52)34-18(46)14-57-8-6-32)44(19(15)21(47)48)55-22(49)20-16(12-61-28-36-38-40-42(28)2)10-58-24-29(53-3,23(50)43(20)24)33-17(45)13-56-7-5-31/h24-25H,7-14H2,1-4H3,(H,33,45)(H,34,46)(H,47,48)(H,51,52)/t24-,25-,29+,30?/m1/s1. The number of fused-ring (bicyclic) bond motifs is 1. The molecule has 4 atom stereocenters. The number of hydroxylamine groups is 2. The molecular weight excluding hydrogens is 925 g/mol. The zero-order chi connectivity index (χ0) is 44.5. The molecule has 0 bridgehead atoms. The Morgan fingerprint density at radius 1 is 0.902 bits per heavy atom. The van der Waals surface area contributed by atoms with E-state index in [1.165, 1.54) is 16.5 Å². The molecule has 25 nitrogen and oxygen atoms in total. The number of nitrogens with one attached hydrogen (secondary N) is 2. The van der Waals surface area contributed by atoms with Gasteiger partial charge in [0.05, 0.1) is 35.1 Å². The van der Waals surface area contributed by atoms with Gasteiger partial charge in [-0.3, -0.25) is 19.3 Å². The van der Waals surface area contributed by atoms with Gasteiger partial charge in [0.25, 0.3) is 17.4 Å². The Labute approximate surface area is 370 Å². The van der Waals surface area contributed by atoms with E-state index in [9.17, 15) is 39.0 Å². The van der Waals surface area contributed by atoms with Crippen molar-refractivity contribution < 1.29 is 53.3 Å². The molecule has 0 aromatic carbocycles. The van der Waals surface area contributed by atoms with Gasteiger partial charge in [-0.15, -0.1) is 57.2 Å². The molecule has 3 amide bonds. The highest BCUT2D eigenvalue weighted by Crippen LogP contribution is 2.48. The summed E-state index contributed by atoms with van der Waals surface area (Å²) in [6.07, 6.45) is 0. The Hall–Kier alpha value is -4.76. The highest BCUT2D eigenvalue weighted by molar-refractivity contribution is 8.01. The second-order valence-corrected chi connectivity index (χ2v) is 18.2. The largest absolute Gasteiger partial charge is 0.478 e. The van der Waals surface area contributed by atoms with Gasteiger partial charge >= 0.3 is 17.9 Å². The average molecular weight is 959 g/mol. The van der Waals surface area contributed by atoms with Crippen molar-refractivity contribution in [2.24, 2.45) is 14.1 Å². The number of aliphatic carboxylic acids is 2. The first-order valence-corrected chi connectivity index (χ1v) is 23.4. The number of methoxy groups -OCH3 is 2. The van der Waals surface area contributed by atoms with Gasteiger partial charge in [-0.05, 0) is 32.0 Å². The van der Waals surface area contributed by atoms with Crippen molar-refractivity contribution in [1.82, 2.24) is 61.0 Å². The summed E-state index contributed by atoms with van der Waals surface area (Å²) in [5, 5.41) is 65.0. The third-order valence-electron chi connectivity index (χ3n) is 8.54. The lowest BCUT2D eigenvalue weighted by molar-refractivity contribution is -0.215. The normalized spacial score (nSPS) is 20.8. The SMILES string of the molecule is COC(NC(=O)CSCC#N)(C(=O)O)[C@H]1SCC(CSc2nnnn2C)=C(C(=O)O)N1OC(=O)C1=C(CSc2nnnn2C)CS[C@H]2N1C(=O)[C@]2(NC(=O)CSCC#N)OC. The summed E-state index contributed by atoms with van der Waals surface area (Å²) in [5.74, 6) is -8.18. The van der Waals surface area contributed by atoms with E-state index in [2.05, 4.69) is 41.7 Å². The van der Waals surface area contributed by atoms with Gasteiger partial charge in [-0.25, -0.2) is 23.7 Å². The molecule has 3 aliphatic rings. The number of β-lactam (4-membered cyclic amide) rings is 1. The van der Waals surface area contributed by atoms with Crippen molar-refractivity contribution in [1.29, 1.82) is 10.5 Å². The van der Waals surface area contributed by atoms with E-state index in [0.29, 0.717) is 10.2 Å². The predicted octanol–water partition coefficient (Wildman–Crippen LogP) is -1.53. The quantitative estimate of drug-likeness (QED) is 0.0477. The highest BCUT2D eigenvalue weighted by Gasteiger charge is 2.67. The van der Waals surface area contributed by atoms with Crippen LogP contribution >= 0.6 is 70.6 Å². The number of rotatable bonds is 21. The maximum absolute atomic E-state index is 14.8. The number of tetrazole rings is 2. The fraction of sp³-hybridized carbons (Fsp3) is 0.533. The first-order valence-electron chi connectivity index (χ1n) is 17.0. The van der Waals surface area contributed by atoms with Gasteiger partial charge in [0, 0.05) is 51.3 Å². The molecule has 1 fully saturated rings. The molecule has 2 aromatic rings.